The second-order valence-corrected chi connectivity index (χ2v) is 9.57. The molecule has 2 nitrogen and oxygen atoms in total. The fourth-order valence-electron chi connectivity index (χ4n) is 3.29. The summed E-state index contributed by atoms with van der Waals surface area (Å²) < 4.78 is 0. The van der Waals surface area contributed by atoms with Gasteiger partial charge in [0.25, 0.3) is 0 Å². The summed E-state index contributed by atoms with van der Waals surface area (Å²) in [5.74, 6) is -0.346. The number of carbonyl (C=O) groups is 2. The van der Waals surface area contributed by atoms with Gasteiger partial charge in [0.2, 0.25) is 0 Å². The van der Waals surface area contributed by atoms with Crippen LogP contribution in [-0.4, -0.2) is 11.6 Å². The smallest absolute Gasteiger partial charge is 0.199 e. The summed E-state index contributed by atoms with van der Waals surface area (Å²) in [6.07, 6.45) is 3.56. The second kappa shape index (κ2) is 11.9. The molecule has 0 radical (unpaired) electrons. The molecule has 0 unspecified atom stereocenters. The largest absolute Gasteiger partial charge is 0.288 e. The zero-order chi connectivity index (χ0) is 24.6. The lowest BCUT2D eigenvalue weighted by Gasteiger charge is -2.11. The third-order valence-corrected chi connectivity index (χ3v) is 6.63. The highest BCUT2D eigenvalue weighted by Gasteiger charge is 2.20. The van der Waals surface area contributed by atoms with Crippen molar-refractivity contribution in [3.8, 4) is 0 Å². The Morgan fingerprint density at radius 1 is 0.514 bits per heavy atom. The number of allylic oxidation sites excluding steroid dienone is 2. The van der Waals surface area contributed by atoms with Gasteiger partial charge in [-0.1, -0.05) is 120 Å². The van der Waals surface area contributed by atoms with E-state index >= 15 is 0 Å². The number of Topliss-reactive ketones (excluding diaryl/α,β-unsaturated/α-hetero) is 2. The Hall–Kier alpha value is -3.37. The van der Waals surface area contributed by atoms with E-state index in [2.05, 4.69) is 0 Å². The molecule has 0 aliphatic rings. The maximum atomic E-state index is 13.5. The van der Waals surface area contributed by atoms with Crippen molar-refractivity contribution in [2.75, 3.05) is 0 Å². The van der Waals surface area contributed by atoms with Crippen molar-refractivity contribution in [2.24, 2.45) is 0 Å². The number of rotatable bonds is 8. The maximum Gasteiger partial charge on any atom is 0.199 e. The van der Waals surface area contributed by atoms with Gasteiger partial charge in [0.1, 0.15) is 0 Å². The predicted molar refractivity (Wildman–Crippen MR) is 148 cm³/mol. The summed E-state index contributed by atoms with van der Waals surface area (Å²) in [5, 5.41) is 1.21. The fraction of sp³-hybridized carbons (Fsp3) is 0. The van der Waals surface area contributed by atoms with E-state index in [9.17, 15) is 9.59 Å². The maximum absolute atomic E-state index is 13.5. The van der Waals surface area contributed by atoms with Crippen LogP contribution in [0, 0.1) is 0 Å². The van der Waals surface area contributed by atoms with Gasteiger partial charge in [-0.3, -0.25) is 9.59 Å². The first-order valence-electron chi connectivity index (χ1n) is 10.8. The monoisotopic (exact) mass is 514 g/mol. The Labute approximate surface area is 218 Å². The first-order chi connectivity index (χ1) is 17.0. The zero-order valence-electron chi connectivity index (χ0n) is 18.5. The van der Waals surface area contributed by atoms with Gasteiger partial charge in [-0.2, -0.15) is 0 Å². The molecule has 0 fully saturated rings. The number of halogens is 2. The Morgan fingerprint density at radius 2 is 0.857 bits per heavy atom. The highest BCUT2D eigenvalue weighted by atomic mass is 35.5. The van der Waals surface area contributed by atoms with Crippen molar-refractivity contribution >= 4 is 58.7 Å². The van der Waals surface area contributed by atoms with E-state index in [-0.39, 0.29) is 11.6 Å². The summed E-state index contributed by atoms with van der Waals surface area (Å²) >= 11 is 13.2. The molecule has 35 heavy (non-hydrogen) atoms. The molecule has 0 atom stereocenters. The van der Waals surface area contributed by atoms with Gasteiger partial charge in [0.05, 0.1) is 9.81 Å². The number of thioether (sulfide) groups is 1. The first-order valence-corrected chi connectivity index (χ1v) is 12.4. The van der Waals surface area contributed by atoms with E-state index in [4.69, 9.17) is 23.2 Å². The highest BCUT2D eigenvalue weighted by molar-refractivity contribution is 8.08. The van der Waals surface area contributed by atoms with Gasteiger partial charge >= 0.3 is 0 Å². The lowest BCUT2D eigenvalue weighted by atomic mass is 10.1. The summed E-state index contributed by atoms with van der Waals surface area (Å²) in [4.78, 5) is 27.9. The van der Waals surface area contributed by atoms with Gasteiger partial charge < -0.3 is 0 Å². The lowest BCUT2D eigenvalue weighted by Crippen LogP contribution is -2.05. The van der Waals surface area contributed by atoms with E-state index in [1.807, 2.05) is 60.7 Å². The molecule has 4 aromatic carbocycles. The normalized spacial score (nSPS) is 11.8. The average Bonchev–Trinajstić information content (AvgIpc) is 2.90. The Balaban J connectivity index is 1.79. The molecule has 5 heteroatoms. The Bertz CT molecular complexity index is 1270. The third-order valence-electron chi connectivity index (χ3n) is 5.07. The molecular formula is C30H20Cl2O2S. The molecule has 172 valence electrons. The number of hydrogen-bond acceptors (Lipinski definition) is 3. The molecule has 0 heterocycles. The highest BCUT2D eigenvalue weighted by Crippen LogP contribution is 2.34. The van der Waals surface area contributed by atoms with Gasteiger partial charge in [-0.25, -0.2) is 0 Å². The SMILES string of the molecule is O=C(C(=Cc1ccc(Cl)cc1)S/C(=C\c1ccc(Cl)cc1)C(=O)c1ccccc1)c1ccccc1. The van der Waals surface area contributed by atoms with Crippen molar-refractivity contribution in [1.82, 2.24) is 0 Å². The van der Waals surface area contributed by atoms with Crippen molar-refractivity contribution < 1.29 is 9.59 Å². The number of carbonyl (C=O) groups excluding carboxylic acids is 2. The van der Waals surface area contributed by atoms with Crippen LogP contribution in [0.5, 0.6) is 0 Å². The topological polar surface area (TPSA) is 34.1 Å². The molecule has 0 saturated carbocycles. The third kappa shape index (κ3) is 6.83. The first kappa shape index (κ1) is 24.7. The van der Waals surface area contributed by atoms with E-state index < -0.39 is 0 Å². The van der Waals surface area contributed by atoms with Crippen molar-refractivity contribution in [1.29, 1.82) is 0 Å². The van der Waals surface area contributed by atoms with Gasteiger partial charge in [0.15, 0.2) is 11.6 Å². The van der Waals surface area contributed by atoms with E-state index in [1.165, 1.54) is 0 Å². The van der Waals surface area contributed by atoms with Gasteiger partial charge in [-0.05, 0) is 47.5 Å². The molecule has 0 aromatic heterocycles. The van der Waals surface area contributed by atoms with Crippen LogP contribution in [0.15, 0.2) is 119 Å². The lowest BCUT2D eigenvalue weighted by molar-refractivity contribution is 0.103. The van der Waals surface area contributed by atoms with Crippen molar-refractivity contribution in [3.05, 3.63) is 151 Å². The summed E-state index contributed by atoms with van der Waals surface area (Å²) in [6.45, 7) is 0. The van der Waals surface area contributed by atoms with Crippen LogP contribution < -0.4 is 0 Å². The molecular weight excluding hydrogens is 495 g/mol. The minimum Gasteiger partial charge on any atom is -0.288 e. The minimum atomic E-state index is -0.173. The van der Waals surface area contributed by atoms with Crippen LogP contribution in [0.3, 0.4) is 0 Å². The standard InChI is InChI=1S/C30H20Cl2O2S/c31-25-15-11-21(12-16-25)19-27(29(33)23-7-3-1-4-8-23)35-28(20-22-13-17-26(32)18-14-22)30(34)24-9-5-2-6-10-24/h1-20H/b27-19-,28-20?. The zero-order valence-corrected chi connectivity index (χ0v) is 20.9. The van der Waals surface area contributed by atoms with Crippen molar-refractivity contribution in [3.63, 3.8) is 0 Å². The molecule has 0 bridgehead atoms. The molecule has 0 amide bonds. The molecule has 0 saturated heterocycles. The number of ketones is 2. The molecule has 0 aliphatic heterocycles. The van der Waals surface area contributed by atoms with Gasteiger partial charge in [-0.15, -0.1) is 0 Å². The molecule has 4 rings (SSSR count). The molecule has 0 N–H and O–H groups in total. The summed E-state index contributed by atoms with van der Waals surface area (Å²) in [5.41, 5.74) is 2.69. The fourth-order valence-corrected chi connectivity index (χ4v) is 4.59. The van der Waals surface area contributed by atoms with E-state index in [0.717, 1.165) is 22.9 Å². The van der Waals surface area contributed by atoms with Gasteiger partial charge in [0, 0.05) is 21.2 Å². The van der Waals surface area contributed by atoms with Crippen LogP contribution in [0.4, 0.5) is 0 Å². The van der Waals surface area contributed by atoms with Crippen LogP contribution in [0.2, 0.25) is 10.0 Å². The predicted octanol–water partition coefficient (Wildman–Crippen LogP) is 8.87. The molecule has 0 spiro atoms. The molecule has 4 aromatic rings. The van der Waals surface area contributed by atoms with Crippen LogP contribution >= 0.6 is 35.0 Å². The quantitative estimate of drug-likeness (QED) is 0.174. The Morgan fingerprint density at radius 3 is 1.20 bits per heavy atom. The number of benzene rings is 4. The average molecular weight is 515 g/mol. The van der Waals surface area contributed by atoms with Crippen molar-refractivity contribution in [2.45, 2.75) is 0 Å². The summed E-state index contributed by atoms with van der Waals surface area (Å²) in [6, 6.07) is 32.4. The minimum absolute atomic E-state index is 0.173. The van der Waals surface area contributed by atoms with Crippen LogP contribution in [0.1, 0.15) is 31.8 Å². The summed E-state index contributed by atoms with van der Waals surface area (Å²) in [7, 11) is 0. The molecule has 0 aliphatic carbocycles. The van der Waals surface area contributed by atoms with Crippen LogP contribution in [-0.2, 0) is 0 Å². The van der Waals surface area contributed by atoms with E-state index in [1.54, 1.807) is 60.7 Å². The second-order valence-electron chi connectivity index (χ2n) is 7.61. The van der Waals surface area contributed by atoms with Crippen LogP contribution in [0.25, 0.3) is 12.2 Å². The number of hydrogen-bond donors (Lipinski definition) is 0. The Kier molecular flexibility index (Phi) is 8.38. The van der Waals surface area contributed by atoms with E-state index in [0.29, 0.717) is 31.0 Å².